The predicted molar refractivity (Wildman–Crippen MR) is 72.2 cm³/mol. The number of hydrogen-bond acceptors (Lipinski definition) is 2. The fourth-order valence-corrected chi connectivity index (χ4v) is 2.25. The third-order valence-corrected chi connectivity index (χ3v) is 3.42. The molecule has 100 valence electrons. The van der Waals surface area contributed by atoms with Gasteiger partial charge in [-0.25, -0.2) is 0 Å². The van der Waals surface area contributed by atoms with Gasteiger partial charge < -0.3 is 15.8 Å². The highest BCUT2D eigenvalue weighted by molar-refractivity contribution is 5.77. The van der Waals surface area contributed by atoms with E-state index in [2.05, 4.69) is 17.2 Å². The van der Waals surface area contributed by atoms with E-state index in [9.17, 15) is 0 Å². The van der Waals surface area contributed by atoms with Gasteiger partial charge in [0.1, 0.15) is 0 Å². The van der Waals surface area contributed by atoms with E-state index in [1.165, 1.54) is 25.7 Å². The quantitative estimate of drug-likeness (QED) is 0.406. The first-order valence-corrected chi connectivity index (χ1v) is 6.78. The zero-order valence-corrected chi connectivity index (χ0v) is 11.3. The lowest BCUT2D eigenvalue weighted by Gasteiger charge is -2.20. The lowest BCUT2D eigenvalue weighted by atomic mass is 9.89. The number of hydrogen-bond donors (Lipinski definition) is 2. The van der Waals surface area contributed by atoms with E-state index in [1.807, 2.05) is 6.92 Å². The summed E-state index contributed by atoms with van der Waals surface area (Å²) in [4.78, 5) is 4.44. The Morgan fingerprint density at radius 3 is 2.76 bits per heavy atom. The standard InChI is InChI=1S/C13H27N3O/c1-3-17-10-6-9-15-12(14)16-11-13(2)7-4-5-8-13/h3-11H2,1-2H3,(H3,14,15,16). The maximum absolute atomic E-state index is 5.82. The molecule has 0 heterocycles. The van der Waals surface area contributed by atoms with Gasteiger partial charge in [0.2, 0.25) is 0 Å². The molecule has 4 heteroatoms. The largest absolute Gasteiger partial charge is 0.382 e. The topological polar surface area (TPSA) is 59.6 Å². The van der Waals surface area contributed by atoms with Gasteiger partial charge in [-0.3, -0.25) is 4.99 Å². The molecule has 0 spiro atoms. The number of rotatable bonds is 7. The minimum Gasteiger partial charge on any atom is -0.382 e. The van der Waals surface area contributed by atoms with Crippen LogP contribution in [0.3, 0.4) is 0 Å². The Morgan fingerprint density at radius 2 is 2.12 bits per heavy atom. The second kappa shape index (κ2) is 7.54. The fraction of sp³-hybridized carbons (Fsp3) is 0.923. The molecule has 0 aliphatic heterocycles. The van der Waals surface area contributed by atoms with E-state index in [0.29, 0.717) is 11.4 Å². The van der Waals surface area contributed by atoms with Gasteiger partial charge in [-0.2, -0.15) is 0 Å². The van der Waals surface area contributed by atoms with Crippen LogP contribution in [-0.2, 0) is 4.74 Å². The van der Waals surface area contributed by atoms with Crippen LogP contribution < -0.4 is 11.1 Å². The summed E-state index contributed by atoms with van der Waals surface area (Å²) < 4.78 is 5.25. The molecular weight excluding hydrogens is 214 g/mol. The molecule has 1 fully saturated rings. The summed E-state index contributed by atoms with van der Waals surface area (Å²) in [5, 5.41) is 3.13. The molecule has 17 heavy (non-hydrogen) atoms. The lowest BCUT2D eigenvalue weighted by molar-refractivity contribution is 0.145. The van der Waals surface area contributed by atoms with Gasteiger partial charge in [0.15, 0.2) is 5.96 Å². The molecule has 0 amide bonds. The van der Waals surface area contributed by atoms with Crippen LogP contribution in [0.15, 0.2) is 4.99 Å². The summed E-state index contributed by atoms with van der Waals surface area (Å²) in [7, 11) is 0. The Balaban J connectivity index is 2.11. The van der Waals surface area contributed by atoms with Gasteiger partial charge >= 0.3 is 0 Å². The molecule has 1 aliphatic carbocycles. The maximum atomic E-state index is 5.82. The normalized spacial score (nSPS) is 19.5. The molecule has 0 atom stereocenters. The van der Waals surface area contributed by atoms with Crippen LogP contribution in [0.25, 0.3) is 0 Å². The summed E-state index contributed by atoms with van der Waals surface area (Å²) >= 11 is 0. The van der Waals surface area contributed by atoms with Crippen molar-refractivity contribution in [3.63, 3.8) is 0 Å². The van der Waals surface area contributed by atoms with E-state index in [4.69, 9.17) is 10.5 Å². The molecule has 0 unspecified atom stereocenters. The number of ether oxygens (including phenoxy) is 1. The van der Waals surface area contributed by atoms with Crippen LogP contribution in [0.2, 0.25) is 0 Å². The van der Waals surface area contributed by atoms with E-state index in [1.54, 1.807) is 0 Å². The first-order chi connectivity index (χ1) is 8.16. The van der Waals surface area contributed by atoms with E-state index < -0.39 is 0 Å². The molecule has 0 saturated heterocycles. The van der Waals surface area contributed by atoms with Gasteiger partial charge in [0, 0.05) is 26.3 Å². The van der Waals surface area contributed by atoms with Crippen molar-refractivity contribution in [2.24, 2.45) is 16.1 Å². The third kappa shape index (κ3) is 5.91. The highest BCUT2D eigenvalue weighted by Crippen LogP contribution is 2.37. The first-order valence-electron chi connectivity index (χ1n) is 6.78. The van der Waals surface area contributed by atoms with E-state index in [-0.39, 0.29) is 0 Å². The second-order valence-electron chi connectivity index (χ2n) is 5.20. The Morgan fingerprint density at radius 1 is 1.41 bits per heavy atom. The van der Waals surface area contributed by atoms with Crippen molar-refractivity contribution in [1.82, 2.24) is 5.32 Å². The Hall–Kier alpha value is -0.770. The SMILES string of the molecule is CCOCCCNC(N)=NCC1(C)CCCC1. The predicted octanol–water partition coefficient (Wildman–Crippen LogP) is 1.90. The monoisotopic (exact) mass is 241 g/mol. The van der Waals surface area contributed by atoms with E-state index in [0.717, 1.165) is 32.7 Å². The molecule has 4 nitrogen and oxygen atoms in total. The molecule has 1 rings (SSSR count). The molecule has 3 N–H and O–H groups in total. The molecule has 1 aliphatic rings. The van der Waals surface area contributed by atoms with Crippen LogP contribution in [0.5, 0.6) is 0 Å². The summed E-state index contributed by atoms with van der Waals surface area (Å²) in [5.41, 5.74) is 6.21. The summed E-state index contributed by atoms with van der Waals surface area (Å²) in [6.45, 7) is 7.58. The van der Waals surface area contributed by atoms with Crippen LogP contribution in [0.1, 0.15) is 46.0 Å². The highest BCUT2D eigenvalue weighted by Gasteiger charge is 2.28. The Labute approximate surface area is 105 Å². The summed E-state index contributed by atoms with van der Waals surface area (Å²) in [6.07, 6.45) is 6.23. The molecule has 1 saturated carbocycles. The molecule has 0 radical (unpaired) electrons. The fourth-order valence-electron chi connectivity index (χ4n) is 2.25. The zero-order chi connectivity index (χ0) is 12.6. The summed E-state index contributed by atoms with van der Waals surface area (Å²) in [6, 6.07) is 0. The van der Waals surface area contributed by atoms with Crippen molar-refractivity contribution in [1.29, 1.82) is 0 Å². The van der Waals surface area contributed by atoms with Crippen molar-refractivity contribution < 1.29 is 4.74 Å². The molecular formula is C13H27N3O. The van der Waals surface area contributed by atoms with Crippen molar-refractivity contribution in [2.75, 3.05) is 26.3 Å². The number of guanidine groups is 1. The van der Waals surface area contributed by atoms with Gasteiger partial charge in [0.25, 0.3) is 0 Å². The third-order valence-electron chi connectivity index (χ3n) is 3.42. The number of nitrogens with one attached hydrogen (secondary N) is 1. The van der Waals surface area contributed by atoms with Crippen molar-refractivity contribution in [2.45, 2.75) is 46.0 Å². The number of nitrogens with two attached hydrogens (primary N) is 1. The zero-order valence-electron chi connectivity index (χ0n) is 11.3. The van der Waals surface area contributed by atoms with Gasteiger partial charge in [-0.15, -0.1) is 0 Å². The second-order valence-corrected chi connectivity index (χ2v) is 5.20. The van der Waals surface area contributed by atoms with Crippen molar-refractivity contribution >= 4 is 5.96 Å². The van der Waals surface area contributed by atoms with E-state index >= 15 is 0 Å². The molecule has 0 bridgehead atoms. The highest BCUT2D eigenvalue weighted by atomic mass is 16.5. The lowest BCUT2D eigenvalue weighted by Crippen LogP contribution is -2.34. The smallest absolute Gasteiger partial charge is 0.188 e. The van der Waals surface area contributed by atoms with Crippen LogP contribution in [-0.4, -0.2) is 32.3 Å². The minimum atomic E-state index is 0.387. The average molecular weight is 241 g/mol. The van der Waals surface area contributed by atoms with Crippen molar-refractivity contribution in [3.8, 4) is 0 Å². The van der Waals surface area contributed by atoms with Gasteiger partial charge in [-0.1, -0.05) is 19.8 Å². The number of nitrogens with zero attached hydrogens (tertiary/aromatic N) is 1. The van der Waals surface area contributed by atoms with Gasteiger partial charge in [-0.05, 0) is 31.6 Å². The van der Waals surface area contributed by atoms with Crippen LogP contribution >= 0.6 is 0 Å². The van der Waals surface area contributed by atoms with Crippen LogP contribution in [0, 0.1) is 5.41 Å². The maximum Gasteiger partial charge on any atom is 0.188 e. The molecule has 0 aromatic rings. The molecule has 0 aromatic carbocycles. The summed E-state index contributed by atoms with van der Waals surface area (Å²) in [5.74, 6) is 0.578. The van der Waals surface area contributed by atoms with Crippen molar-refractivity contribution in [3.05, 3.63) is 0 Å². The Bertz CT molecular complexity index is 235. The average Bonchev–Trinajstić information content (AvgIpc) is 2.74. The molecule has 0 aromatic heterocycles. The Kier molecular flexibility index (Phi) is 6.34. The number of aliphatic imine (C=N–C) groups is 1. The minimum absolute atomic E-state index is 0.387. The van der Waals surface area contributed by atoms with Gasteiger partial charge in [0.05, 0.1) is 0 Å². The first kappa shape index (κ1) is 14.3. The van der Waals surface area contributed by atoms with Crippen LogP contribution in [0.4, 0.5) is 0 Å².